The van der Waals surface area contributed by atoms with Crippen LogP contribution in [0.1, 0.15) is 43.2 Å². The Morgan fingerprint density at radius 3 is 2.26 bits per heavy atom. The van der Waals surface area contributed by atoms with E-state index in [0.29, 0.717) is 19.4 Å². The standard InChI is InChI=1S/C25H32N4O2/c30-23(27-22-13-16-29(19-22)18-21-11-5-2-6-12-21)25(14-7-8-15-25)28-24(31)26-17-20-9-3-1-4-10-20/h1-6,9-12,22H,7-8,13-19H2,(H,27,30)(H2,26,28,31)/t22-/m1/s1. The number of carbonyl (C=O) groups excluding carboxylic acids is 2. The van der Waals surface area contributed by atoms with Crippen LogP contribution >= 0.6 is 0 Å². The summed E-state index contributed by atoms with van der Waals surface area (Å²) in [4.78, 5) is 28.2. The van der Waals surface area contributed by atoms with Crippen molar-refractivity contribution >= 4 is 11.9 Å². The number of amides is 3. The number of urea groups is 1. The molecule has 2 aromatic carbocycles. The molecule has 1 aliphatic heterocycles. The van der Waals surface area contributed by atoms with Crippen molar-refractivity contribution in [2.45, 2.75) is 56.8 Å². The van der Waals surface area contributed by atoms with Gasteiger partial charge in [-0.05, 0) is 30.4 Å². The molecule has 31 heavy (non-hydrogen) atoms. The molecule has 3 N–H and O–H groups in total. The van der Waals surface area contributed by atoms with E-state index in [1.54, 1.807) is 0 Å². The van der Waals surface area contributed by atoms with Crippen molar-refractivity contribution in [3.8, 4) is 0 Å². The van der Waals surface area contributed by atoms with E-state index in [2.05, 4.69) is 45.1 Å². The van der Waals surface area contributed by atoms with Gasteiger partial charge in [-0.3, -0.25) is 9.69 Å². The highest BCUT2D eigenvalue weighted by molar-refractivity contribution is 5.91. The molecule has 1 heterocycles. The second-order valence-corrected chi connectivity index (χ2v) is 8.76. The maximum absolute atomic E-state index is 13.2. The molecular weight excluding hydrogens is 388 g/mol. The van der Waals surface area contributed by atoms with Crippen LogP contribution in [0.3, 0.4) is 0 Å². The van der Waals surface area contributed by atoms with Gasteiger partial charge in [-0.15, -0.1) is 0 Å². The molecule has 0 radical (unpaired) electrons. The summed E-state index contributed by atoms with van der Waals surface area (Å²) in [5.41, 5.74) is 1.53. The number of nitrogens with one attached hydrogen (secondary N) is 3. The van der Waals surface area contributed by atoms with Gasteiger partial charge in [0.25, 0.3) is 0 Å². The number of likely N-dealkylation sites (tertiary alicyclic amines) is 1. The highest BCUT2D eigenvalue weighted by atomic mass is 16.2. The molecule has 3 amide bonds. The minimum atomic E-state index is -0.798. The molecule has 2 fully saturated rings. The molecule has 1 saturated carbocycles. The molecule has 4 rings (SSSR count). The van der Waals surface area contributed by atoms with Crippen molar-refractivity contribution in [1.82, 2.24) is 20.9 Å². The first-order valence-electron chi connectivity index (χ1n) is 11.3. The van der Waals surface area contributed by atoms with Crippen LogP contribution in [-0.2, 0) is 17.9 Å². The Labute approximate surface area is 184 Å². The predicted octanol–water partition coefficient (Wildman–Crippen LogP) is 3.19. The highest BCUT2D eigenvalue weighted by Crippen LogP contribution is 2.30. The van der Waals surface area contributed by atoms with Crippen LogP contribution in [0.2, 0.25) is 0 Å². The Kier molecular flexibility index (Phi) is 6.87. The second kappa shape index (κ2) is 9.96. The molecule has 6 nitrogen and oxygen atoms in total. The normalized spacial score (nSPS) is 20.3. The van der Waals surface area contributed by atoms with Crippen molar-refractivity contribution in [1.29, 1.82) is 0 Å². The lowest BCUT2D eigenvalue weighted by atomic mass is 9.96. The fourth-order valence-corrected chi connectivity index (χ4v) is 4.69. The molecule has 0 bridgehead atoms. The van der Waals surface area contributed by atoms with Gasteiger partial charge < -0.3 is 16.0 Å². The van der Waals surface area contributed by atoms with E-state index in [-0.39, 0.29) is 18.0 Å². The number of hydrogen-bond acceptors (Lipinski definition) is 3. The fourth-order valence-electron chi connectivity index (χ4n) is 4.69. The highest BCUT2D eigenvalue weighted by Gasteiger charge is 2.43. The molecular formula is C25H32N4O2. The summed E-state index contributed by atoms with van der Waals surface area (Å²) in [6.07, 6.45) is 4.24. The first-order chi connectivity index (χ1) is 15.1. The summed E-state index contributed by atoms with van der Waals surface area (Å²) < 4.78 is 0. The minimum Gasteiger partial charge on any atom is -0.350 e. The zero-order chi connectivity index (χ0) is 21.5. The SMILES string of the molecule is O=C(NCc1ccccc1)NC1(C(=O)N[C@@H]2CCN(Cc3ccccc3)C2)CCCC1. The number of benzene rings is 2. The van der Waals surface area contributed by atoms with E-state index >= 15 is 0 Å². The molecule has 1 atom stereocenters. The third-order valence-electron chi connectivity index (χ3n) is 6.40. The second-order valence-electron chi connectivity index (χ2n) is 8.76. The molecule has 2 aliphatic rings. The first kappa shape index (κ1) is 21.4. The molecule has 0 unspecified atom stereocenters. The molecule has 1 aliphatic carbocycles. The molecule has 0 spiro atoms. The van der Waals surface area contributed by atoms with Crippen molar-refractivity contribution in [2.24, 2.45) is 0 Å². The summed E-state index contributed by atoms with van der Waals surface area (Å²) in [6, 6.07) is 20.1. The van der Waals surface area contributed by atoms with Gasteiger partial charge >= 0.3 is 6.03 Å². The number of carbonyl (C=O) groups is 2. The Bertz CT molecular complexity index is 866. The van der Waals surface area contributed by atoms with Crippen molar-refractivity contribution < 1.29 is 9.59 Å². The lowest BCUT2D eigenvalue weighted by Gasteiger charge is -2.30. The van der Waals surface area contributed by atoms with Gasteiger partial charge in [-0.1, -0.05) is 73.5 Å². The fraction of sp³-hybridized carbons (Fsp3) is 0.440. The van der Waals surface area contributed by atoms with Crippen molar-refractivity contribution in [2.75, 3.05) is 13.1 Å². The number of hydrogen-bond donors (Lipinski definition) is 3. The van der Waals surface area contributed by atoms with Crippen LogP contribution in [0.15, 0.2) is 60.7 Å². The van der Waals surface area contributed by atoms with Gasteiger partial charge in [-0.2, -0.15) is 0 Å². The maximum Gasteiger partial charge on any atom is 0.315 e. The first-order valence-corrected chi connectivity index (χ1v) is 11.3. The maximum atomic E-state index is 13.2. The average molecular weight is 421 g/mol. The summed E-state index contributed by atoms with van der Waals surface area (Å²) in [5, 5.41) is 9.14. The smallest absolute Gasteiger partial charge is 0.315 e. The van der Waals surface area contributed by atoms with Crippen LogP contribution in [0.25, 0.3) is 0 Å². The Morgan fingerprint density at radius 1 is 0.935 bits per heavy atom. The van der Waals surface area contributed by atoms with Crippen LogP contribution < -0.4 is 16.0 Å². The largest absolute Gasteiger partial charge is 0.350 e. The van der Waals surface area contributed by atoms with Crippen LogP contribution in [0.4, 0.5) is 4.79 Å². The number of rotatable bonds is 7. The average Bonchev–Trinajstić information content (AvgIpc) is 3.44. The lowest BCUT2D eigenvalue weighted by Crippen LogP contribution is -2.60. The van der Waals surface area contributed by atoms with E-state index in [0.717, 1.165) is 44.5 Å². The predicted molar refractivity (Wildman–Crippen MR) is 121 cm³/mol. The third kappa shape index (κ3) is 5.64. The van der Waals surface area contributed by atoms with Gasteiger partial charge in [0.1, 0.15) is 5.54 Å². The van der Waals surface area contributed by atoms with Crippen LogP contribution in [0.5, 0.6) is 0 Å². The topological polar surface area (TPSA) is 73.5 Å². The van der Waals surface area contributed by atoms with E-state index in [9.17, 15) is 9.59 Å². The molecule has 2 aromatic rings. The van der Waals surface area contributed by atoms with Crippen LogP contribution in [-0.4, -0.2) is 41.5 Å². The number of nitrogens with zero attached hydrogens (tertiary/aromatic N) is 1. The quantitative estimate of drug-likeness (QED) is 0.644. The van der Waals surface area contributed by atoms with Gasteiger partial charge in [0.05, 0.1) is 0 Å². The van der Waals surface area contributed by atoms with E-state index in [4.69, 9.17) is 0 Å². The van der Waals surface area contributed by atoms with Crippen molar-refractivity contribution in [3.63, 3.8) is 0 Å². The van der Waals surface area contributed by atoms with Gasteiger partial charge in [0, 0.05) is 32.2 Å². The Morgan fingerprint density at radius 2 is 1.58 bits per heavy atom. The third-order valence-corrected chi connectivity index (χ3v) is 6.40. The van der Waals surface area contributed by atoms with E-state index in [1.165, 1.54) is 5.56 Å². The summed E-state index contributed by atoms with van der Waals surface area (Å²) in [7, 11) is 0. The zero-order valence-electron chi connectivity index (χ0n) is 18.0. The summed E-state index contributed by atoms with van der Waals surface area (Å²) in [6.45, 7) is 3.16. The lowest BCUT2D eigenvalue weighted by molar-refractivity contribution is -0.127. The molecule has 6 heteroatoms. The summed E-state index contributed by atoms with van der Waals surface area (Å²) >= 11 is 0. The summed E-state index contributed by atoms with van der Waals surface area (Å²) in [5.74, 6) is -0.0357. The van der Waals surface area contributed by atoms with Gasteiger partial charge in [0.2, 0.25) is 5.91 Å². The monoisotopic (exact) mass is 420 g/mol. The van der Waals surface area contributed by atoms with E-state index < -0.39 is 5.54 Å². The van der Waals surface area contributed by atoms with E-state index in [1.807, 2.05) is 36.4 Å². The minimum absolute atomic E-state index is 0.0357. The Balaban J connectivity index is 1.29. The van der Waals surface area contributed by atoms with Gasteiger partial charge in [0.15, 0.2) is 0 Å². The Hall–Kier alpha value is -2.86. The molecule has 1 saturated heterocycles. The zero-order valence-corrected chi connectivity index (χ0v) is 18.0. The van der Waals surface area contributed by atoms with Crippen LogP contribution in [0, 0.1) is 0 Å². The van der Waals surface area contributed by atoms with Gasteiger partial charge in [-0.25, -0.2) is 4.79 Å². The van der Waals surface area contributed by atoms with Crippen molar-refractivity contribution in [3.05, 3.63) is 71.8 Å². The molecule has 0 aromatic heterocycles. The molecule has 164 valence electrons.